The van der Waals surface area contributed by atoms with E-state index < -0.39 is 0 Å². The Morgan fingerprint density at radius 2 is 1.86 bits per heavy atom. The van der Waals surface area contributed by atoms with Crippen LogP contribution in [0.3, 0.4) is 0 Å². The number of amides is 1. The fourth-order valence-corrected chi connectivity index (χ4v) is 3.54. The van der Waals surface area contributed by atoms with Crippen LogP contribution in [0.2, 0.25) is 0 Å². The molecule has 0 saturated heterocycles. The molecule has 0 radical (unpaired) electrons. The molecule has 4 aromatic rings. The number of hydrogen-bond donors (Lipinski definition) is 1. The maximum atomic E-state index is 12.4. The van der Waals surface area contributed by atoms with Gasteiger partial charge in [0, 0.05) is 22.6 Å². The van der Waals surface area contributed by atoms with Crippen molar-refractivity contribution in [2.24, 2.45) is 0 Å². The van der Waals surface area contributed by atoms with Gasteiger partial charge in [-0.05, 0) is 31.0 Å². The summed E-state index contributed by atoms with van der Waals surface area (Å²) in [6, 6.07) is 17.6. The van der Waals surface area contributed by atoms with Crippen molar-refractivity contribution in [3.05, 3.63) is 81.8 Å². The van der Waals surface area contributed by atoms with E-state index in [1.807, 2.05) is 60.8 Å². The van der Waals surface area contributed by atoms with Gasteiger partial charge in [-0.1, -0.05) is 47.6 Å². The van der Waals surface area contributed by atoms with E-state index in [4.69, 9.17) is 4.52 Å². The molecule has 2 heterocycles. The minimum Gasteiger partial charge on any atom is -0.355 e. The van der Waals surface area contributed by atoms with Crippen LogP contribution in [0.25, 0.3) is 22.6 Å². The van der Waals surface area contributed by atoms with E-state index >= 15 is 0 Å². The Balaban J connectivity index is 1.41. The molecule has 28 heavy (non-hydrogen) atoms. The maximum Gasteiger partial charge on any atom is 0.273 e. The van der Waals surface area contributed by atoms with Gasteiger partial charge in [-0.25, -0.2) is 4.98 Å². The molecule has 0 atom stereocenters. The molecule has 2 aromatic heterocycles. The second-order valence-electron chi connectivity index (χ2n) is 6.55. The monoisotopic (exact) mass is 389 g/mol. The number of nitrogens with one attached hydrogen (secondary N) is 1. The van der Waals surface area contributed by atoms with Gasteiger partial charge in [0.2, 0.25) is 0 Å². The zero-order chi connectivity index (χ0) is 19.5. The number of carbonyl (C=O) groups excluding carboxylic acids is 1. The number of nitrogens with zero attached hydrogens (tertiary/aromatic N) is 2. The molecule has 140 valence electrons. The van der Waals surface area contributed by atoms with E-state index in [-0.39, 0.29) is 11.6 Å². The first-order valence-electron chi connectivity index (χ1n) is 8.92. The van der Waals surface area contributed by atoms with Crippen molar-refractivity contribution >= 4 is 17.2 Å². The average molecular weight is 389 g/mol. The smallest absolute Gasteiger partial charge is 0.273 e. The zero-order valence-corrected chi connectivity index (χ0v) is 16.4. The number of benzene rings is 2. The van der Waals surface area contributed by atoms with Crippen molar-refractivity contribution in [2.75, 3.05) is 0 Å². The molecule has 0 spiro atoms. The summed E-state index contributed by atoms with van der Waals surface area (Å²) in [7, 11) is 0. The Hall–Kier alpha value is -3.25. The fraction of sp³-hybridized carbons (Fsp3) is 0.136. The molecule has 0 unspecified atom stereocenters. The lowest BCUT2D eigenvalue weighted by Crippen LogP contribution is -2.22. The summed E-state index contributed by atoms with van der Waals surface area (Å²) in [5.41, 5.74) is 5.51. The van der Waals surface area contributed by atoms with Crippen LogP contribution in [0.15, 0.2) is 64.5 Å². The second kappa shape index (κ2) is 7.78. The van der Waals surface area contributed by atoms with Crippen LogP contribution in [-0.2, 0) is 6.54 Å². The Kier molecular flexibility index (Phi) is 5.04. The lowest BCUT2D eigenvalue weighted by atomic mass is 10.0. The molecule has 0 saturated carbocycles. The third kappa shape index (κ3) is 3.87. The Labute approximate surface area is 167 Å². The van der Waals surface area contributed by atoms with Gasteiger partial charge in [0.05, 0.1) is 12.2 Å². The average Bonchev–Trinajstić information content (AvgIpc) is 3.39. The predicted octanol–water partition coefficient (Wildman–Crippen LogP) is 5.01. The molecule has 5 nitrogen and oxygen atoms in total. The molecule has 1 amide bonds. The molecular formula is C22H19N3O2S. The second-order valence-corrected chi connectivity index (χ2v) is 7.49. The lowest BCUT2D eigenvalue weighted by Gasteiger charge is -2.01. The third-order valence-corrected chi connectivity index (χ3v) is 5.40. The van der Waals surface area contributed by atoms with Gasteiger partial charge in [0.25, 0.3) is 5.91 Å². The van der Waals surface area contributed by atoms with E-state index in [0.29, 0.717) is 12.3 Å². The van der Waals surface area contributed by atoms with Crippen LogP contribution in [0.5, 0.6) is 0 Å². The predicted molar refractivity (Wildman–Crippen MR) is 110 cm³/mol. The number of aryl methyl sites for hydroxylation is 2. The van der Waals surface area contributed by atoms with Crippen molar-refractivity contribution in [3.63, 3.8) is 0 Å². The molecule has 6 heteroatoms. The van der Waals surface area contributed by atoms with Crippen molar-refractivity contribution in [2.45, 2.75) is 20.4 Å². The highest BCUT2D eigenvalue weighted by Gasteiger charge is 2.15. The van der Waals surface area contributed by atoms with Crippen LogP contribution in [-0.4, -0.2) is 16.0 Å². The molecule has 0 bridgehead atoms. The number of aromatic nitrogens is 2. The van der Waals surface area contributed by atoms with Gasteiger partial charge in [-0.3, -0.25) is 4.79 Å². The Bertz CT molecular complexity index is 1120. The van der Waals surface area contributed by atoms with Crippen molar-refractivity contribution in [1.82, 2.24) is 15.5 Å². The van der Waals surface area contributed by atoms with Crippen LogP contribution in [0.4, 0.5) is 0 Å². The molecule has 0 aliphatic heterocycles. The van der Waals surface area contributed by atoms with E-state index in [2.05, 4.69) is 22.4 Å². The summed E-state index contributed by atoms with van der Waals surface area (Å²) >= 11 is 1.52. The van der Waals surface area contributed by atoms with Gasteiger partial charge in [0.15, 0.2) is 11.5 Å². The molecule has 1 N–H and O–H groups in total. The number of thiazole rings is 1. The van der Waals surface area contributed by atoms with Crippen LogP contribution >= 0.6 is 11.3 Å². The first-order chi connectivity index (χ1) is 13.6. The van der Waals surface area contributed by atoms with Gasteiger partial charge >= 0.3 is 0 Å². The van der Waals surface area contributed by atoms with Gasteiger partial charge < -0.3 is 9.84 Å². The molecular weight excluding hydrogens is 370 g/mol. The quantitative estimate of drug-likeness (QED) is 0.521. The zero-order valence-electron chi connectivity index (χ0n) is 15.6. The summed E-state index contributed by atoms with van der Waals surface area (Å²) in [6.45, 7) is 4.45. The number of carbonyl (C=O) groups is 1. The maximum absolute atomic E-state index is 12.4. The van der Waals surface area contributed by atoms with Gasteiger partial charge in [-0.2, -0.15) is 0 Å². The third-order valence-electron chi connectivity index (χ3n) is 4.56. The minimum absolute atomic E-state index is 0.257. The summed E-state index contributed by atoms with van der Waals surface area (Å²) < 4.78 is 5.36. The Morgan fingerprint density at radius 1 is 1.04 bits per heavy atom. The number of rotatable bonds is 5. The van der Waals surface area contributed by atoms with Crippen LogP contribution in [0, 0.1) is 13.8 Å². The van der Waals surface area contributed by atoms with E-state index in [9.17, 15) is 4.79 Å². The highest BCUT2D eigenvalue weighted by Crippen LogP contribution is 2.24. The van der Waals surface area contributed by atoms with Crippen LogP contribution < -0.4 is 5.32 Å². The number of hydrogen-bond acceptors (Lipinski definition) is 5. The largest absolute Gasteiger partial charge is 0.355 e. The lowest BCUT2D eigenvalue weighted by molar-refractivity contribution is 0.0942. The van der Waals surface area contributed by atoms with Crippen molar-refractivity contribution in [3.8, 4) is 22.6 Å². The summed E-state index contributed by atoms with van der Waals surface area (Å²) in [5.74, 6) is 0.296. The summed E-state index contributed by atoms with van der Waals surface area (Å²) in [5, 5.41) is 9.59. The van der Waals surface area contributed by atoms with Crippen molar-refractivity contribution < 1.29 is 9.32 Å². The minimum atomic E-state index is -0.282. The molecule has 4 rings (SSSR count). The van der Waals surface area contributed by atoms with Gasteiger partial charge in [0.1, 0.15) is 5.01 Å². The van der Waals surface area contributed by atoms with E-state index in [1.165, 1.54) is 16.9 Å². The molecule has 2 aromatic carbocycles. The SMILES string of the molecule is Cc1ccc(-c2cc(C(=O)NCc3nc(-c4ccccc4)cs3)no2)cc1C. The standard InChI is InChI=1S/C22H19N3O2S/c1-14-8-9-17(10-15(14)2)20-11-18(25-27-20)22(26)23-12-21-24-19(13-28-21)16-6-4-3-5-7-16/h3-11,13H,12H2,1-2H3,(H,23,26). The first kappa shape index (κ1) is 18.1. The topological polar surface area (TPSA) is 68.0 Å². The van der Waals surface area contributed by atoms with Crippen molar-refractivity contribution in [1.29, 1.82) is 0 Å². The fourth-order valence-electron chi connectivity index (χ4n) is 2.79. The molecule has 0 aliphatic carbocycles. The summed E-state index contributed by atoms with van der Waals surface area (Å²) in [6.07, 6.45) is 0. The first-order valence-corrected chi connectivity index (χ1v) is 9.80. The van der Waals surface area contributed by atoms with Gasteiger partial charge in [-0.15, -0.1) is 11.3 Å². The van der Waals surface area contributed by atoms with E-state index in [1.54, 1.807) is 6.07 Å². The molecule has 0 fully saturated rings. The molecule has 0 aliphatic rings. The van der Waals surface area contributed by atoms with E-state index in [0.717, 1.165) is 27.4 Å². The summed E-state index contributed by atoms with van der Waals surface area (Å²) in [4.78, 5) is 17.0. The normalized spacial score (nSPS) is 10.8. The Morgan fingerprint density at radius 3 is 2.64 bits per heavy atom. The van der Waals surface area contributed by atoms with Crippen LogP contribution in [0.1, 0.15) is 26.6 Å². The highest BCUT2D eigenvalue weighted by molar-refractivity contribution is 7.09. The highest BCUT2D eigenvalue weighted by atomic mass is 32.1.